The van der Waals surface area contributed by atoms with Crippen molar-refractivity contribution in [1.29, 1.82) is 0 Å². The fraction of sp³-hybridized carbons (Fsp3) is 0.0714. The summed E-state index contributed by atoms with van der Waals surface area (Å²) in [7, 11) is -4.13. The smallest absolute Gasteiger partial charge is 0.243 e. The van der Waals surface area contributed by atoms with Gasteiger partial charge in [-0.15, -0.1) is 0 Å². The van der Waals surface area contributed by atoms with Gasteiger partial charge in [0, 0.05) is 32.7 Å². The second-order valence-corrected chi connectivity index (χ2v) is 11.5. The largest absolute Gasteiger partial charge is 0.324 e. The van der Waals surface area contributed by atoms with E-state index in [1.807, 2.05) is 0 Å². The van der Waals surface area contributed by atoms with Crippen molar-refractivity contribution in [2.45, 2.75) is 11.4 Å². The molecule has 0 fully saturated rings. The summed E-state index contributed by atoms with van der Waals surface area (Å²) in [4.78, 5) is 26.3. The van der Waals surface area contributed by atoms with Gasteiger partial charge in [-0.3, -0.25) is 9.59 Å². The molecule has 0 aliphatic rings. The first-order valence-corrected chi connectivity index (χ1v) is 13.9. The average molecular weight is 588 g/mol. The van der Waals surface area contributed by atoms with Crippen molar-refractivity contribution < 1.29 is 18.0 Å². The third kappa shape index (κ3) is 6.62. The lowest BCUT2D eigenvalue weighted by Crippen LogP contribution is -2.37. The van der Waals surface area contributed by atoms with Crippen LogP contribution in [-0.4, -0.2) is 31.0 Å². The van der Waals surface area contributed by atoms with Gasteiger partial charge < -0.3 is 5.32 Å². The van der Waals surface area contributed by atoms with Crippen LogP contribution in [0.25, 0.3) is 0 Å². The van der Waals surface area contributed by atoms with E-state index in [-0.39, 0.29) is 28.5 Å². The van der Waals surface area contributed by atoms with Crippen LogP contribution in [0.3, 0.4) is 0 Å². The molecule has 0 aromatic heterocycles. The van der Waals surface area contributed by atoms with Crippen molar-refractivity contribution in [3.05, 3.63) is 129 Å². The molecule has 6 nitrogen and oxygen atoms in total. The van der Waals surface area contributed by atoms with E-state index >= 15 is 0 Å². The monoisotopic (exact) mass is 586 g/mol. The second-order valence-electron chi connectivity index (χ2n) is 8.25. The number of hydrogen-bond donors (Lipinski definition) is 1. The van der Waals surface area contributed by atoms with Crippen LogP contribution in [0.5, 0.6) is 0 Å². The third-order valence-electron chi connectivity index (χ3n) is 5.61. The molecule has 10 heteroatoms. The number of ketones is 1. The minimum Gasteiger partial charge on any atom is -0.324 e. The molecule has 0 bridgehead atoms. The van der Waals surface area contributed by atoms with Crippen molar-refractivity contribution in [2.75, 3.05) is 11.9 Å². The molecule has 0 aliphatic heterocycles. The van der Waals surface area contributed by atoms with Gasteiger partial charge in [-0.05, 0) is 54.1 Å². The maximum Gasteiger partial charge on any atom is 0.243 e. The zero-order valence-electron chi connectivity index (χ0n) is 19.8. The van der Waals surface area contributed by atoms with Gasteiger partial charge in [0.1, 0.15) is 0 Å². The van der Waals surface area contributed by atoms with E-state index in [1.54, 1.807) is 54.6 Å². The summed E-state index contributed by atoms with van der Waals surface area (Å²) in [5, 5.41) is 3.72. The van der Waals surface area contributed by atoms with E-state index in [4.69, 9.17) is 34.8 Å². The number of nitrogens with zero attached hydrogens (tertiary/aromatic N) is 1. The molecule has 0 spiro atoms. The fourth-order valence-electron chi connectivity index (χ4n) is 3.71. The Balaban J connectivity index is 1.64. The number of carbonyl (C=O) groups excluding carboxylic acids is 2. The number of carbonyl (C=O) groups is 2. The molecule has 0 unspecified atom stereocenters. The molecule has 4 aromatic carbocycles. The molecular weight excluding hydrogens is 567 g/mol. The quantitative estimate of drug-likeness (QED) is 0.221. The van der Waals surface area contributed by atoms with Crippen LogP contribution in [-0.2, 0) is 21.4 Å². The Morgan fingerprint density at radius 1 is 0.763 bits per heavy atom. The van der Waals surface area contributed by atoms with Crippen LogP contribution in [0.1, 0.15) is 21.5 Å². The topological polar surface area (TPSA) is 83.6 Å². The SMILES string of the molecule is O=C(CN(Cc1ccccc1Cl)S(=O)(=O)c1ccc(Cl)cc1)Nc1ccc(Cl)cc1C(=O)c1ccccc1. The van der Waals surface area contributed by atoms with Crippen molar-refractivity contribution >= 4 is 62.2 Å². The molecule has 1 N–H and O–H groups in total. The van der Waals surface area contributed by atoms with E-state index in [2.05, 4.69) is 5.32 Å². The molecule has 0 aliphatic carbocycles. The highest BCUT2D eigenvalue weighted by molar-refractivity contribution is 7.89. The predicted octanol–water partition coefficient (Wildman–Crippen LogP) is 6.71. The maximum atomic E-state index is 13.5. The number of nitrogens with one attached hydrogen (secondary N) is 1. The highest BCUT2D eigenvalue weighted by atomic mass is 35.5. The standard InChI is InChI=1S/C28H21Cl3N2O4S/c29-21-10-13-23(14-11-21)38(36,37)33(17-20-8-4-5-9-25(20)31)18-27(34)32-26-15-12-22(30)16-24(26)28(35)19-6-2-1-3-7-19/h1-16H,17-18H2,(H,32,34). The van der Waals surface area contributed by atoms with Gasteiger partial charge in [0.15, 0.2) is 5.78 Å². The number of rotatable bonds is 9. The van der Waals surface area contributed by atoms with Crippen LogP contribution in [0.2, 0.25) is 15.1 Å². The Morgan fingerprint density at radius 3 is 2.08 bits per heavy atom. The van der Waals surface area contributed by atoms with Gasteiger partial charge in [-0.2, -0.15) is 4.31 Å². The normalized spacial score (nSPS) is 11.4. The van der Waals surface area contributed by atoms with Crippen LogP contribution < -0.4 is 5.32 Å². The molecular formula is C28H21Cl3N2O4S. The first-order chi connectivity index (χ1) is 18.1. The van der Waals surface area contributed by atoms with Crippen molar-refractivity contribution in [3.63, 3.8) is 0 Å². The average Bonchev–Trinajstić information content (AvgIpc) is 2.91. The minimum atomic E-state index is -4.13. The first kappa shape index (κ1) is 27.8. The fourth-order valence-corrected chi connectivity index (χ4v) is 5.57. The summed E-state index contributed by atoms with van der Waals surface area (Å²) in [5.74, 6) is -0.996. The lowest BCUT2D eigenvalue weighted by molar-refractivity contribution is -0.116. The Morgan fingerprint density at radius 2 is 1.39 bits per heavy atom. The number of benzene rings is 4. The third-order valence-corrected chi connectivity index (χ3v) is 8.27. The Kier molecular flexibility index (Phi) is 8.87. The molecule has 38 heavy (non-hydrogen) atoms. The number of halogens is 3. The van der Waals surface area contributed by atoms with Crippen LogP contribution in [0.4, 0.5) is 5.69 Å². The van der Waals surface area contributed by atoms with Gasteiger partial charge in [0.2, 0.25) is 15.9 Å². The van der Waals surface area contributed by atoms with E-state index in [0.717, 1.165) is 4.31 Å². The summed E-state index contributed by atoms with van der Waals surface area (Å²) in [5.41, 5.74) is 1.31. The van der Waals surface area contributed by atoms with Gasteiger partial charge in [0.05, 0.1) is 17.1 Å². The summed E-state index contributed by atoms with van der Waals surface area (Å²) >= 11 is 18.4. The van der Waals surface area contributed by atoms with Gasteiger partial charge >= 0.3 is 0 Å². The highest BCUT2D eigenvalue weighted by Gasteiger charge is 2.28. The number of amides is 1. The van der Waals surface area contributed by atoms with Crippen LogP contribution in [0.15, 0.2) is 102 Å². The van der Waals surface area contributed by atoms with Gasteiger partial charge in [-0.1, -0.05) is 83.3 Å². The molecule has 0 atom stereocenters. The van der Waals surface area contributed by atoms with Gasteiger partial charge in [-0.25, -0.2) is 8.42 Å². The van der Waals surface area contributed by atoms with E-state index in [1.165, 1.54) is 42.5 Å². The number of anilines is 1. The second kappa shape index (κ2) is 12.1. The van der Waals surface area contributed by atoms with Crippen molar-refractivity contribution in [3.8, 4) is 0 Å². The lowest BCUT2D eigenvalue weighted by Gasteiger charge is -2.23. The lowest BCUT2D eigenvalue weighted by atomic mass is 10.0. The summed E-state index contributed by atoms with van der Waals surface area (Å²) < 4.78 is 28.1. The van der Waals surface area contributed by atoms with Crippen LogP contribution in [0, 0.1) is 0 Å². The highest BCUT2D eigenvalue weighted by Crippen LogP contribution is 2.26. The maximum absolute atomic E-state index is 13.5. The van der Waals surface area contributed by atoms with E-state index in [0.29, 0.717) is 26.2 Å². The Hall–Kier alpha value is -3.20. The van der Waals surface area contributed by atoms with E-state index < -0.39 is 22.5 Å². The molecule has 0 radical (unpaired) electrons. The molecule has 1 amide bonds. The Bertz CT molecular complexity index is 1580. The summed E-state index contributed by atoms with van der Waals surface area (Å²) in [6, 6.07) is 25.4. The summed E-state index contributed by atoms with van der Waals surface area (Å²) in [6.45, 7) is -0.702. The number of sulfonamides is 1. The molecule has 0 saturated heterocycles. The van der Waals surface area contributed by atoms with Gasteiger partial charge in [0.25, 0.3) is 0 Å². The minimum absolute atomic E-state index is 0.0341. The number of hydrogen-bond acceptors (Lipinski definition) is 4. The van der Waals surface area contributed by atoms with Crippen LogP contribution >= 0.6 is 34.8 Å². The van der Waals surface area contributed by atoms with Crippen molar-refractivity contribution in [1.82, 2.24) is 4.31 Å². The first-order valence-electron chi connectivity index (χ1n) is 11.3. The molecule has 4 aromatic rings. The molecule has 4 rings (SSSR count). The molecule has 194 valence electrons. The zero-order valence-corrected chi connectivity index (χ0v) is 22.9. The molecule has 0 saturated carbocycles. The van der Waals surface area contributed by atoms with E-state index in [9.17, 15) is 18.0 Å². The molecule has 0 heterocycles. The predicted molar refractivity (Wildman–Crippen MR) is 150 cm³/mol. The van der Waals surface area contributed by atoms with Crippen molar-refractivity contribution in [2.24, 2.45) is 0 Å². The Labute approximate surface area is 235 Å². The summed E-state index contributed by atoms with van der Waals surface area (Å²) in [6.07, 6.45) is 0. The zero-order chi connectivity index (χ0) is 27.3.